The van der Waals surface area contributed by atoms with Crippen molar-refractivity contribution in [3.8, 4) is 23.5 Å². The molecule has 3 aromatic rings. The third-order valence-electron chi connectivity index (χ3n) is 4.40. The molecule has 162 valence electrons. The van der Waals surface area contributed by atoms with Gasteiger partial charge in [0.05, 0.1) is 35.1 Å². The van der Waals surface area contributed by atoms with Crippen molar-refractivity contribution in [3.05, 3.63) is 24.3 Å². The van der Waals surface area contributed by atoms with Crippen molar-refractivity contribution < 1.29 is 18.9 Å². The lowest BCUT2D eigenvalue weighted by atomic mass is 10.3. The number of hydrogen-bond donors (Lipinski definition) is 4. The fourth-order valence-corrected chi connectivity index (χ4v) is 2.94. The van der Waals surface area contributed by atoms with Gasteiger partial charge in [-0.25, -0.2) is 0 Å². The molecule has 0 aliphatic carbocycles. The van der Waals surface area contributed by atoms with Gasteiger partial charge < -0.3 is 40.2 Å². The number of ether oxygens (including phenoxy) is 4. The van der Waals surface area contributed by atoms with Crippen molar-refractivity contribution in [2.75, 3.05) is 56.4 Å². The summed E-state index contributed by atoms with van der Waals surface area (Å²) in [5.74, 6) is 3.10. The molecule has 0 bridgehead atoms. The second-order valence-electron chi connectivity index (χ2n) is 6.22. The Kier molecular flexibility index (Phi) is 5.60. The predicted octanol–water partition coefficient (Wildman–Crippen LogP) is 2.58. The standard InChI is InChI=1S/C19H22N8O4/c1-28-12-7-5-10(17(24-12)30-3)22-16-14-15(21-9-20-14)26-19(27-16)23-11-6-8-13(29-2)25-18(11)31-4/h5-8,20H,9H2,1-4H3,(H3,21,22,23,26,27). The van der Waals surface area contributed by atoms with E-state index >= 15 is 0 Å². The van der Waals surface area contributed by atoms with Gasteiger partial charge in [-0.15, -0.1) is 0 Å². The predicted molar refractivity (Wildman–Crippen MR) is 115 cm³/mol. The Labute approximate surface area is 178 Å². The van der Waals surface area contributed by atoms with E-state index in [-0.39, 0.29) is 0 Å². The van der Waals surface area contributed by atoms with Gasteiger partial charge in [0.25, 0.3) is 0 Å². The lowest BCUT2D eigenvalue weighted by molar-refractivity contribution is 0.366. The van der Waals surface area contributed by atoms with Crippen molar-refractivity contribution in [2.24, 2.45) is 0 Å². The Morgan fingerprint density at radius 2 is 1.32 bits per heavy atom. The summed E-state index contributed by atoms with van der Waals surface area (Å²) >= 11 is 0. The summed E-state index contributed by atoms with van der Waals surface area (Å²) in [6, 6.07) is 7.01. The van der Waals surface area contributed by atoms with Crippen LogP contribution in [0.4, 0.5) is 34.6 Å². The van der Waals surface area contributed by atoms with Gasteiger partial charge >= 0.3 is 0 Å². The highest BCUT2D eigenvalue weighted by molar-refractivity contribution is 5.85. The molecule has 0 saturated carbocycles. The minimum absolute atomic E-state index is 0.336. The molecule has 4 heterocycles. The fraction of sp³-hybridized carbons (Fsp3) is 0.263. The van der Waals surface area contributed by atoms with E-state index in [0.29, 0.717) is 59.1 Å². The third-order valence-corrected chi connectivity index (χ3v) is 4.40. The fourth-order valence-electron chi connectivity index (χ4n) is 2.94. The molecule has 0 unspecified atom stereocenters. The summed E-state index contributed by atoms with van der Waals surface area (Å²) in [7, 11) is 6.14. The van der Waals surface area contributed by atoms with E-state index in [0.717, 1.165) is 5.69 Å². The van der Waals surface area contributed by atoms with Crippen LogP contribution in [0.5, 0.6) is 23.5 Å². The number of pyridine rings is 2. The number of aromatic nitrogens is 4. The van der Waals surface area contributed by atoms with Gasteiger partial charge in [0, 0.05) is 12.1 Å². The molecule has 4 rings (SSSR count). The molecule has 0 fully saturated rings. The quantitative estimate of drug-likeness (QED) is 0.421. The van der Waals surface area contributed by atoms with Gasteiger partial charge in [0.15, 0.2) is 11.6 Å². The van der Waals surface area contributed by atoms with E-state index in [9.17, 15) is 0 Å². The smallest absolute Gasteiger partial charge is 0.240 e. The lowest BCUT2D eigenvalue weighted by Gasteiger charge is -2.15. The monoisotopic (exact) mass is 426 g/mol. The van der Waals surface area contributed by atoms with E-state index in [1.165, 1.54) is 21.3 Å². The zero-order valence-corrected chi connectivity index (χ0v) is 17.4. The molecule has 12 heteroatoms. The first-order chi connectivity index (χ1) is 15.1. The maximum atomic E-state index is 5.37. The number of nitrogens with one attached hydrogen (secondary N) is 4. The molecule has 0 amide bonds. The number of fused-ring (bicyclic) bond motifs is 1. The Balaban J connectivity index is 1.68. The topological polar surface area (TPSA) is 137 Å². The van der Waals surface area contributed by atoms with Crippen molar-refractivity contribution in [1.29, 1.82) is 0 Å². The molecule has 0 saturated heterocycles. The van der Waals surface area contributed by atoms with Gasteiger partial charge in [-0.3, -0.25) is 0 Å². The van der Waals surface area contributed by atoms with Crippen LogP contribution in [0, 0.1) is 0 Å². The first-order valence-electron chi connectivity index (χ1n) is 9.27. The molecule has 31 heavy (non-hydrogen) atoms. The van der Waals surface area contributed by atoms with E-state index in [1.54, 1.807) is 31.4 Å². The van der Waals surface area contributed by atoms with Crippen LogP contribution < -0.4 is 40.2 Å². The van der Waals surface area contributed by atoms with Gasteiger partial charge in [0.1, 0.15) is 17.1 Å². The van der Waals surface area contributed by atoms with Crippen LogP contribution in [0.15, 0.2) is 24.3 Å². The SMILES string of the molecule is COc1ccc(Nc2nc3c(c(Nc4ccc(OC)nc4OC)n2)NCN3)c(OC)n1. The number of nitrogens with zero attached hydrogens (tertiary/aromatic N) is 4. The van der Waals surface area contributed by atoms with Crippen LogP contribution in [0.3, 0.4) is 0 Å². The van der Waals surface area contributed by atoms with Crippen molar-refractivity contribution in [3.63, 3.8) is 0 Å². The van der Waals surface area contributed by atoms with Crippen LogP contribution in [0.2, 0.25) is 0 Å². The summed E-state index contributed by atoms with van der Waals surface area (Å²) in [6.45, 7) is 0.521. The minimum Gasteiger partial charge on any atom is -0.481 e. The molecule has 0 radical (unpaired) electrons. The van der Waals surface area contributed by atoms with Crippen LogP contribution in [0.25, 0.3) is 0 Å². The first kappa shape index (κ1) is 20.1. The molecule has 4 N–H and O–H groups in total. The zero-order chi connectivity index (χ0) is 21.8. The summed E-state index contributed by atoms with van der Waals surface area (Å²) in [6.07, 6.45) is 0. The van der Waals surface area contributed by atoms with Gasteiger partial charge in [-0.2, -0.15) is 19.9 Å². The van der Waals surface area contributed by atoms with Crippen LogP contribution in [0.1, 0.15) is 0 Å². The molecular weight excluding hydrogens is 404 g/mol. The Morgan fingerprint density at radius 3 is 1.90 bits per heavy atom. The summed E-state index contributed by atoms with van der Waals surface area (Å²) in [4.78, 5) is 17.7. The molecule has 12 nitrogen and oxygen atoms in total. The number of rotatable bonds is 8. The van der Waals surface area contributed by atoms with E-state index in [1.807, 2.05) is 0 Å². The summed E-state index contributed by atoms with van der Waals surface area (Å²) in [5, 5.41) is 12.8. The first-order valence-corrected chi connectivity index (χ1v) is 9.27. The molecule has 0 aromatic carbocycles. The van der Waals surface area contributed by atoms with Gasteiger partial charge in [-0.1, -0.05) is 0 Å². The van der Waals surface area contributed by atoms with Gasteiger partial charge in [0.2, 0.25) is 29.5 Å². The maximum Gasteiger partial charge on any atom is 0.240 e. The Morgan fingerprint density at radius 1 is 0.710 bits per heavy atom. The average molecular weight is 426 g/mol. The van der Waals surface area contributed by atoms with Crippen molar-refractivity contribution >= 4 is 34.6 Å². The normalized spacial score (nSPS) is 11.6. The largest absolute Gasteiger partial charge is 0.481 e. The summed E-state index contributed by atoms with van der Waals surface area (Å²) < 4.78 is 21.0. The molecule has 3 aromatic heterocycles. The lowest BCUT2D eigenvalue weighted by Crippen LogP contribution is -2.06. The second-order valence-corrected chi connectivity index (χ2v) is 6.22. The van der Waals surface area contributed by atoms with E-state index in [4.69, 9.17) is 18.9 Å². The number of hydrogen-bond acceptors (Lipinski definition) is 12. The van der Waals surface area contributed by atoms with Crippen LogP contribution >= 0.6 is 0 Å². The highest BCUT2D eigenvalue weighted by Crippen LogP contribution is 2.37. The molecule has 0 atom stereocenters. The van der Waals surface area contributed by atoms with E-state index < -0.39 is 0 Å². The molecule has 1 aliphatic rings. The van der Waals surface area contributed by atoms with Crippen LogP contribution in [-0.2, 0) is 0 Å². The van der Waals surface area contributed by atoms with Crippen LogP contribution in [-0.4, -0.2) is 55.0 Å². The second kappa shape index (κ2) is 8.65. The highest BCUT2D eigenvalue weighted by Gasteiger charge is 2.21. The Bertz CT molecular complexity index is 1090. The number of anilines is 6. The third kappa shape index (κ3) is 4.08. The van der Waals surface area contributed by atoms with E-state index in [2.05, 4.69) is 41.2 Å². The van der Waals surface area contributed by atoms with Crippen molar-refractivity contribution in [2.45, 2.75) is 0 Å². The molecule has 0 spiro atoms. The number of methoxy groups -OCH3 is 4. The maximum absolute atomic E-state index is 5.37. The zero-order valence-electron chi connectivity index (χ0n) is 17.4. The highest BCUT2D eigenvalue weighted by atomic mass is 16.5. The van der Waals surface area contributed by atoms with Crippen molar-refractivity contribution in [1.82, 2.24) is 19.9 Å². The molecule has 1 aliphatic heterocycles. The Hall–Kier alpha value is -4.22. The summed E-state index contributed by atoms with van der Waals surface area (Å²) in [5.41, 5.74) is 1.93. The minimum atomic E-state index is 0.336. The molecular formula is C19H22N8O4. The van der Waals surface area contributed by atoms with Gasteiger partial charge in [-0.05, 0) is 12.1 Å². The average Bonchev–Trinajstić information content (AvgIpc) is 3.28.